The molecule has 0 aromatic heterocycles. The maximum Gasteiger partial charge on any atom is 0.254 e. The summed E-state index contributed by atoms with van der Waals surface area (Å²) < 4.78 is 5.61. The molecule has 0 bridgehead atoms. The van der Waals surface area contributed by atoms with Gasteiger partial charge < -0.3 is 15.0 Å². The molecule has 1 aromatic rings. The van der Waals surface area contributed by atoms with Crippen LogP contribution in [0.25, 0.3) is 0 Å². The zero-order chi connectivity index (χ0) is 13.8. The molecule has 1 heterocycles. The highest BCUT2D eigenvalue weighted by molar-refractivity contribution is 6.31. The molecule has 0 saturated carbocycles. The molecule has 5 heteroatoms. The smallest absolute Gasteiger partial charge is 0.254 e. The number of benzene rings is 1. The lowest BCUT2D eigenvalue weighted by Crippen LogP contribution is -2.45. The Morgan fingerprint density at radius 3 is 3.05 bits per heavy atom. The molecule has 1 amide bonds. The predicted molar refractivity (Wildman–Crippen MR) is 75.8 cm³/mol. The van der Waals surface area contributed by atoms with E-state index in [1.807, 2.05) is 13.0 Å². The lowest BCUT2D eigenvalue weighted by Gasteiger charge is -2.28. The molecule has 1 aromatic carbocycles. The number of morpholine rings is 1. The number of nitrogens with zero attached hydrogens (tertiary/aromatic N) is 1. The quantitative estimate of drug-likeness (QED) is 0.918. The zero-order valence-corrected chi connectivity index (χ0v) is 12.0. The fourth-order valence-electron chi connectivity index (χ4n) is 2.16. The first-order chi connectivity index (χ1) is 9.08. The normalized spacial score (nSPS) is 19.2. The Morgan fingerprint density at radius 2 is 2.37 bits per heavy atom. The van der Waals surface area contributed by atoms with E-state index in [1.165, 1.54) is 0 Å². The predicted octanol–water partition coefficient (Wildman–Crippen LogP) is 1.71. The summed E-state index contributed by atoms with van der Waals surface area (Å²) in [6, 6.07) is 5.37. The van der Waals surface area contributed by atoms with Gasteiger partial charge in [-0.1, -0.05) is 17.7 Å². The van der Waals surface area contributed by atoms with Gasteiger partial charge in [0.25, 0.3) is 5.91 Å². The maximum absolute atomic E-state index is 12.4. The molecule has 0 spiro atoms. The van der Waals surface area contributed by atoms with Crippen LogP contribution < -0.4 is 5.32 Å². The number of carbonyl (C=O) groups excluding carboxylic acids is 1. The maximum atomic E-state index is 12.4. The van der Waals surface area contributed by atoms with E-state index in [-0.39, 0.29) is 12.0 Å². The highest BCUT2D eigenvalue weighted by atomic mass is 35.5. The molecule has 0 radical (unpaired) electrons. The fraction of sp³-hybridized carbons (Fsp3) is 0.500. The van der Waals surface area contributed by atoms with Gasteiger partial charge in [-0.2, -0.15) is 0 Å². The summed E-state index contributed by atoms with van der Waals surface area (Å²) in [7, 11) is 1.79. The molecule has 1 N–H and O–H groups in total. The molecule has 2 rings (SSSR count). The second-order valence-corrected chi connectivity index (χ2v) is 5.28. The molecule has 1 unspecified atom stereocenters. The van der Waals surface area contributed by atoms with Crippen LogP contribution in [-0.2, 0) is 4.74 Å². The van der Waals surface area contributed by atoms with Crippen molar-refractivity contribution >= 4 is 17.5 Å². The molecule has 1 aliphatic heterocycles. The summed E-state index contributed by atoms with van der Waals surface area (Å²) in [6.45, 7) is 4.85. The number of hydrogen-bond donors (Lipinski definition) is 1. The number of aryl methyl sites for hydroxylation is 1. The van der Waals surface area contributed by atoms with Crippen molar-refractivity contribution in [1.82, 2.24) is 10.2 Å². The number of hydrogen-bond acceptors (Lipinski definition) is 3. The van der Waals surface area contributed by atoms with Crippen LogP contribution >= 0.6 is 11.6 Å². The fourth-order valence-corrected chi connectivity index (χ4v) is 2.33. The van der Waals surface area contributed by atoms with Crippen molar-refractivity contribution in [2.75, 3.05) is 33.3 Å². The van der Waals surface area contributed by atoms with Gasteiger partial charge in [0, 0.05) is 37.3 Å². The third-order valence-corrected chi connectivity index (χ3v) is 3.49. The summed E-state index contributed by atoms with van der Waals surface area (Å²) in [6.07, 6.45) is 0.0576. The minimum atomic E-state index is -0.0193. The van der Waals surface area contributed by atoms with Crippen LogP contribution in [0.1, 0.15) is 15.9 Å². The van der Waals surface area contributed by atoms with Gasteiger partial charge in [-0.3, -0.25) is 4.79 Å². The van der Waals surface area contributed by atoms with Crippen LogP contribution in [0.3, 0.4) is 0 Å². The number of ether oxygens (including phenoxy) is 1. The lowest BCUT2D eigenvalue weighted by molar-refractivity contribution is 0.0103. The minimum absolute atomic E-state index is 0.0193. The summed E-state index contributed by atoms with van der Waals surface area (Å²) in [5.74, 6) is -0.0193. The molecular formula is C14H19ClN2O2. The number of nitrogens with one attached hydrogen (secondary N) is 1. The number of likely N-dealkylation sites (N-methyl/N-ethyl adjacent to an activating group) is 1. The van der Waals surface area contributed by atoms with Crippen molar-refractivity contribution in [3.63, 3.8) is 0 Å². The van der Waals surface area contributed by atoms with Crippen molar-refractivity contribution < 1.29 is 9.53 Å². The largest absolute Gasteiger partial charge is 0.374 e. The Morgan fingerprint density at radius 1 is 1.58 bits per heavy atom. The summed E-state index contributed by atoms with van der Waals surface area (Å²) in [5.41, 5.74) is 1.59. The van der Waals surface area contributed by atoms with Gasteiger partial charge in [-0.25, -0.2) is 0 Å². The molecular weight excluding hydrogens is 264 g/mol. The minimum Gasteiger partial charge on any atom is -0.374 e. The summed E-state index contributed by atoms with van der Waals surface area (Å²) in [5, 5.41) is 3.84. The van der Waals surface area contributed by atoms with Gasteiger partial charge in [0.05, 0.1) is 12.7 Å². The van der Waals surface area contributed by atoms with Crippen molar-refractivity contribution in [1.29, 1.82) is 0 Å². The van der Waals surface area contributed by atoms with Crippen molar-refractivity contribution in [3.8, 4) is 0 Å². The number of halogens is 1. The van der Waals surface area contributed by atoms with Crippen LogP contribution in [0.15, 0.2) is 18.2 Å². The number of amides is 1. The average Bonchev–Trinajstić information content (AvgIpc) is 2.42. The van der Waals surface area contributed by atoms with Crippen LogP contribution in [0, 0.1) is 6.92 Å². The first-order valence-electron chi connectivity index (χ1n) is 6.42. The Kier molecular flexibility index (Phi) is 4.80. The third kappa shape index (κ3) is 3.69. The van der Waals surface area contributed by atoms with E-state index < -0.39 is 0 Å². The van der Waals surface area contributed by atoms with E-state index in [0.717, 1.165) is 18.7 Å². The van der Waals surface area contributed by atoms with Gasteiger partial charge in [-0.15, -0.1) is 0 Å². The highest BCUT2D eigenvalue weighted by Gasteiger charge is 2.20. The van der Waals surface area contributed by atoms with Gasteiger partial charge in [0.2, 0.25) is 0 Å². The van der Waals surface area contributed by atoms with Gasteiger partial charge >= 0.3 is 0 Å². The molecule has 1 atom stereocenters. The van der Waals surface area contributed by atoms with Crippen LogP contribution in [0.2, 0.25) is 5.02 Å². The van der Waals surface area contributed by atoms with E-state index in [2.05, 4.69) is 5.32 Å². The van der Waals surface area contributed by atoms with E-state index >= 15 is 0 Å². The molecule has 4 nitrogen and oxygen atoms in total. The van der Waals surface area contributed by atoms with Gasteiger partial charge in [-0.05, 0) is 24.6 Å². The van der Waals surface area contributed by atoms with Crippen molar-refractivity contribution in [2.45, 2.75) is 13.0 Å². The van der Waals surface area contributed by atoms with Crippen molar-refractivity contribution in [3.05, 3.63) is 34.3 Å². The number of carbonyl (C=O) groups is 1. The SMILES string of the molecule is Cc1ccc(Cl)cc1C(=O)N(C)CC1CNCCO1. The van der Waals surface area contributed by atoms with E-state index in [0.29, 0.717) is 23.7 Å². The Bertz CT molecular complexity index is 459. The lowest BCUT2D eigenvalue weighted by atomic mass is 10.1. The molecule has 1 fully saturated rings. The topological polar surface area (TPSA) is 41.6 Å². The zero-order valence-electron chi connectivity index (χ0n) is 11.3. The summed E-state index contributed by atoms with van der Waals surface area (Å²) in [4.78, 5) is 14.1. The highest BCUT2D eigenvalue weighted by Crippen LogP contribution is 2.17. The standard InChI is InChI=1S/C14H19ClN2O2/c1-10-3-4-11(15)7-13(10)14(18)17(2)9-12-8-16-5-6-19-12/h3-4,7,12,16H,5-6,8-9H2,1-2H3. The van der Waals surface area contributed by atoms with Gasteiger partial charge in [0.1, 0.15) is 0 Å². The van der Waals surface area contributed by atoms with E-state index in [4.69, 9.17) is 16.3 Å². The average molecular weight is 283 g/mol. The van der Waals surface area contributed by atoms with Gasteiger partial charge in [0.15, 0.2) is 0 Å². The Hall–Kier alpha value is -1.10. The molecule has 0 aliphatic carbocycles. The summed E-state index contributed by atoms with van der Waals surface area (Å²) >= 11 is 5.95. The number of rotatable bonds is 3. The molecule has 1 aliphatic rings. The van der Waals surface area contributed by atoms with Crippen molar-refractivity contribution in [2.24, 2.45) is 0 Å². The Labute approximate surface area is 118 Å². The van der Waals surface area contributed by atoms with Crippen LogP contribution in [0.5, 0.6) is 0 Å². The molecule has 1 saturated heterocycles. The first kappa shape index (κ1) is 14.3. The third-order valence-electron chi connectivity index (χ3n) is 3.26. The first-order valence-corrected chi connectivity index (χ1v) is 6.79. The van der Waals surface area contributed by atoms with E-state index in [1.54, 1.807) is 24.1 Å². The van der Waals surface area contributed by atoms with Crippen LogP contribution in [0.4, 0.5) is 0 Å². The second-order valence-electron chi connectivity index (χ2n) is 4.84. The molecule has 19 heavy (non-hydrogen) atoms. The van der Waals surface area contributed by atoms with Crippen LogP contribution in [-0.4, -0.2) is 50.2 Å². The monoisotopic (exact) mass is 282 g/mol. The Balaban J connectivity index is 2.03. The molecule has 104 valence electrons. The van der Waals surface area contributed by atoms with E-state index in [9.17, 15) is 4.79 Å². The second kappa shape index (κ2) is 6.37.